The number of amides is 1. The number of rotatable bonds is 1. The van der Waals surface area contributed by atoms with Gasteiger partial charge in [-0.15, -0.1) is 0 Å². The molecule has 1 aromatic heterocycles. The minimum Gasteiger partial charge on any atom is -0.444 e. The average Bonchev–Trinajstić information content (AvgIpc) is 2.77. The number of aromatic nitrogens is 1. The molecule has 0 spiro atoms. The molecule has 0 radical (unpaired) electrons. The lowest BCUT2D eigenvalue weighted by atomic mass is 10.2. The molecule has 0 aliphatic carbocycles. The zero-order valence-corrected chi connectivity index (χ0v) is 11.5. The molecule has 2 N–H and O–H groups in total. The number of hydrogen-bond acceptors (Lipinski definition) is 4. The third-order valence-corrected chi connectivity index (χ3v) is 2.69. The first-order valence-corrected chi connectivity index (χ1v) is 6.24. The Morgan fingerprint density at radius 3 is 2.74 bits per heavy atom. The van der Waals surface area contributed by atoms with Gasteiger partial charge in [-0.1, -0.05) is 6.08 Å². The maximum Gasteiger partial charge on any atom is 0.410 e. The molecular weight excluding hydrogens is 242 g/mol. The van der Waals surface area contributed by atoms with E-state index in [2.05, 4.69) is 4.98 Å². The second-order valence-corrected chi connectivity index (χ2v) is 5.57. The summed E-state index contributed by atoms with van der Waals surface area (Å²) in [6.45, 7) is 6.65. The number of anilines is 1. The summed E-state index contributed by atoms with van der Waals surface area (Å²) >= 11 is 0. The molecule has 1 aliphatic heterocycles. The van der Waals surface area contributed by atoms with Crippen molar-refractivity contribution in [3.8, 4) is 0 Å². The maximum atomic E-state index is 11.9. The Morgan fingerprint density at radius 1 is 1.42 bits per heavy atom. The number of nitrogens with two attached hydrogens (primary N) is 1. The molecule has 0 unspecified atom stereocenters. The third kappa shape index (κ3) is 3.47. The number of nitrogens with zero attached hydrogens (tertiary/aromatic N) is 2. The third-order valence-electron chi connectivity index (χ3n) is 2.69. The number of carbonyl (C=O) groups excluding carboxylic acids is 1. The molecule has 0 atom stereocenters. The summed E-state index contributed by atoms with van der Waals surface area (Å²) in [5.41, 5.74) is 7.63. The first-order chi connectivity index (χ1) is 8.85. The topological polar surface area (TPSA) is 68.5 Å². The SMILES string of the molecule is CC(C)(C)OC(=O)N1CC=C(c2ccc(N)cn2)C1. The largest absolute Gasteiger partial charge is 0.444 e. The van der Waals surface area contributed by atoms with Gasteiger partial charge in [-0.05, 0) is 38.5 Å². The molecule has 5 heteroatoms. The number of ether oxygens (including phenoxy) is 1. The second kappa shape index (κ2) is 4.91. The summed E-state index contributed by atoms with van der Waals surface area (Å²) in [6.07, 6.45) is 3.31. The average molecular weight is 261 g/mol. The van der Waals surface area contributed by atoms with Crippen molar-refractivity contribution in [2.45, 2.75) is 26.4 Å². The van der Waals surface area contributed by atoms with Crippen molar-refractivity contribution >= 4 is 17.4 Å². The van der Waals surface area contributed by atoms with Crippen LogP contribution >= 0.6 is 0 Å². The lowest BCUT2D eigenvalue weighted by Crippen LogP contribution is -2.35. The van der Waals surface area contributed by atoms with E-state index in [1.807, 2.05) is 32.9 Å². The van der Waals surface area contributed by atoms with Crippen LogP contribution in [0.15, 0.2) is 24.4 Å². The Morgan fingerprint density at radius 2 is 2.16 bits per heavy atom. The minimum absolute atomic E-state index is 0.297. The Labute approximate surface area is 113 Å². The van der Waals surface area contributed by atoms with Crippen LogP contribution in [0.2, 0.25) is 0 Å². The van der Waals surface area contributed by atoms with Crippen LogP contribution in [-0.4, -0.2) is 34.7 Å². The monoisotopic (exact) mass is 261 g/mol. The van der Waals surface area contributed by atoms with Gasteiger partial charge < -0.3 is 15.4 Å². The normalized spacial score (nSPS) is 15.3. The van der Waals surface area contributed by atoms with Crippen molar-refractivity contribution < 1.29 is 9.53 Å². The summed E-state index contributed by atoms with van der Waals surface area (Å²) in [6, 6.07) is 3.67. The molecule has 0 fully saturated rings. The van der Waals surface area contributed by atoms with Gasteiger partial charge in [0.2, 0.25) is 0 Å². The molecule has 5 nitrogen and oxygen atoms in total. The van der Waals surface area contributed by atoms with Crippen LogP contribution in [0.4, 0.5) is 10.5 Å². The van der Waals surface area contributed by atoms with Crippen molar-refractivity contribution in [2.75, 3.05) is 18.8 Å². The summed E-state index contributed by atoms with van der Waals surface area (Å²) in [5.74, 6) is 0. The van der Waals surface area contributed by atoms with E-state index in [-0.39, 0.29) is 6.09 Å². The fourth-order valence-electron chi connectivity index (χ4n) is 1.80. The standard InChI is InChI=1S/C14H19N3O2/c1-14(2,3)19-13(18)17-7-6-10(9-17)12-5-4-11(15)8-16-12/h4-6,8H,7,9,15H2,1-3H3. The first-order valence-electron chi connectivity index (χ1n) is 6.24. The van der Waals surface area contributed by atoms with Gasteiger partial charge in [0.15, 0.2) is 0 Å². The van der Waals surface area contributed by atoms with Gasteiger partial charge in [-0.3, -0.25) is 4.98 Å². The summed E-state index contributed by atoms with van der Waals surface area (Å²) in [4.78, 5) is 17.8. The lowest BCUT2D eigenvalue weighted by Gasteiger charge is -2.24. The smallest absolute Gasteiger partial charge is 0.410 e. The number of pyridine rings is 1. The fraction of sp³-hybridized carbons (Fsp3) is 0.429. The summed E-state index contributed by atoms with van der Waals surface area (Å²) < 4.78 is 5.34. The second-order valence-electron chi connectivity index (χ2n) is 5.57. The van der Waals surface area contributed by atoms with Crippen molar-refractivity contribution in [3.05, 3.63) is 30.1 Å². The lowest BCUT2D eigenvalue weighted by molar-refractivity contribution is 0.0306. The molecular formula is C14H19N3O2. The molecule has 0 saturated carbocycles. The molecule has 1 aromatic rings. The Bertz CT molecular complexity index is 500. The van der Waals surface area contributed by atoms with E-state index in [1.54, 1.807) is 17.2 Å². The highest BCUT2D eigenvalue weighted by atomic mass is 16.6. The highest BCUT2D eigenvalue weighted by Crippen LogP contribution is 2.21. The predicted octanol–water partition coefficient (Wildman–Crippen LogP) is 2.30. The highest BCUT2D eigenvalue weighted by molar-refractivity contribution is 5.76. The van der Waals surface area contributed by atoms with Crippen LogP contribution in [0.5, 0.6) is 0 Å². The number of nitrogen functional groups attached to an aromatic ring is 1. The van der Waals surface area contributed by atoms with E-state index in [9.17, 15) is 4.79 Å². The van der Waals surface area contributed by atoms with Gasteiger partial charge in [-0.25, -0.2) is 4.79 Å². The molecule has 0 saturated heterocycles. The van der Waals surface area contributed by atoms with Gasteiger partial charge in [0, 0.05) is 6.54 Å². The molecule has 1 aliphatic rings. The van der Waals surface area contributed by atoms with Crippen molar-refractivity contribution in [1.82, 2.24) is 9.88 Å². The van der Waals surface area contributed by atoms with Gasteiger partial charge in [0.1, 0.15) is 5.60 Å². The van der Waals surface area contributed by atoms with Crippen LogP contribution in [0.25, 0.3) is 5.57 Å². The summed E-state index contributed by atoms with van der Waals surface area (Å²) in [7, 11) is 0. The van der Waals surface area contributed by atoms with Crippen LogP contribution < -0.4 is 5.73 Å². The van der Waals surface area contributed by atoms with Gasteiger partial charge in [0.05, 0.1) is 24.1 Å². The van der Waals surface area contributed by atoms with Gasteiger partial charge >= 0.3 is 6.09 Å². The van der Waals surface area contributed by atoms with E-state index >= 15 is 0 Å². The Hall–Kier alpha value is -2.04. The van der Waals surface area contributed by atoms with Crippen molar-refractivity contribution in [3.63, 3.8) is 0 Å². The first kappa shape index (κ1) is 13.4. The maximum absolute atomic E-state index is 11.9. The van der Waals surface area contributed by atoms with E-state index in [0.717, 1.165) is 11.3 Å². The molecule has 102 valence electrons. The highest BCUT2D eigenvalue weighted by Gasteiger charge is 2.25. The van der Waals surface area contributed by atoms with E-state index in [0.29, 0.717) is 18.8 Å². The Balaban J connectivity index is 1.99. The Kier molecular flexibility index (Phi) is 3.46. The van der Waals surface area contributed by atoms with E-state index < -0.39 is 5.60 Å². The molecule has 0 aromatic carbocycles. The van der Waals surface area contributed by atoms with E-state index in [1.165, 1.54) is 0 Å². The van der Waals surface area contributed by atoms with Crippen LogP contribution in [0.3, 0.4) is 0 Å². The van der Waals surface area contributed by atoms with Gasteiger partial charge in [0.25, 0.3) is 0 Å². The van der Waals surface area contributed by atoms with Crippen LogP contribution in [0.1, 0.15) is 26.5 Å². The molecule has 2 heterocycles. The number of carbonyl (C=O) groups is 1. The molecule has 0 bridgehead atoms. The molecule has 2 rings (SSSR count). The molecule has 1 amide bonds. The molecule has 19 heavy (non-hydrogen) atoms. The van der Waals surface area contributed by atoms with Crippen molar-refractivity contribution in [2.24, 2.45) is 0 Å². The minimum atomic E-state index is -0.473. The summed E-state index contributed by atoms with van der Waals surface area (Å²) in [5, 5.41) is 0. The van der Waals surface area contributed by atoms with Crippen LogP contribution in [0, 0.1) is 0 Å². The van der Waals surface area contributed by atoms with Crippen LogP contribution in [-0.2, 0) is 4.74 Å². The van der Waals surface area contributed by atoms with E-state index in [4.69, 9.17) is 10.5 Å². The zero-order chi connectivity index (χ0) is 14.0. The van der Waals surface area contributed by atoms with Crippen molar-refractivity contribution in [1.29, 1.82) is 0 Å². The quantitative estimate of drug-likeness (QED) is 0.842. The zero-order valence-electron chi connectivity index (χ0n) is 11.5. The number of hydrogen-bond donors (Lipinski definition) is 1. The predicted molar refractivity (Wildman–Crippen MR) is 74.4 cm³/mol. The fourth-order valence-corrected chi connectivity index (χ4v) is 1.80. The van der Waals surface area contributed by atoms with Gasteiger partial charge in [-0.2, -0.15) is 0 Å².